The van der Waals surface area contributed by atoms with Gasteiger partial charge in [0.2, 0.25) is 0 Å². The SMILES string of the molecule is Cc1cccc(CN2CCN(CC(=O)OC(C)C)CC2)c1. The Bertz CT molecular complexity index is 466. The van der Waals surface area contributed by atoms with Crippen LogP contribution in [0.15, 0.2) is 24.3 Å². The van der Waals surface area contributed by atoms with E-state index >= 15 is 0 Å². The summed E-state index contributed by atoms with van der Waals surface area (Å²) >= 11 is 0. The number of hydrogen-bond acceptors (Lipinski definition) is 4. The van der Waals surface area contributed by atoms with Crippen molar-refractivity contribution in [2.75, 3.05) is 32.7 Å². The summed E-state index contributed by atoms with van der Waals surface area (Å²) in [5, 5.41) is 0. The molecule has 1 aromatic rings. The minimum Gasteiger partial charge on any atom is -0.462 e. The van der Waals surface area contributed by atoms with E-state index in [0.29, 0.717) is 6.54 Å². The van der Waals surface area contributed by atoms with Crippen molar-refractivity contribution in [1.29, 1.82) is 0 Å². The van der Waals surface area contributed by atoms with Crippen molar-refractivity contribution >= 4 is 5.97 Å². The lowest BCUT2D eigenvalue weighted by Gasteiger charge is -2.34. The number of aryl methyl sites for hydroxylation is 1. The number of carbonyl (C=O) groups is 1. The van der Waals surface area contributed by atoms with E-state index in [0.717, 1.165) is 32.7 Å². The Hall–Kier alpha value is -1.39. The smallest absolute Gasteiger partial charge is 0.320 e. The van der Waals surface area contributed by atoms with Gasteiger partial charge in [-0.1, -0.05) is 29.8 Å². The molecule has 0 aromatic heterocycles. The first-order valence-electron chi connectivity index (χ1n) is 7.72. The minimum atomic E-state index is -0.114. The second-order valence-corrected chi connectivity index (χ2v) is 6.08. The molecule has 2 rings (SSSR count). The largest absolute Gasteiger partial charge is 0.462 e. The second kappa shape index (κ2) is 7.57. The highest BCUT2D eigenvalue weighted by atomic mass is 16.5. The van der Waals surface area contributed by atoms with Gasteiger partial charge in [-0.05, 0) is 26.3 Å². The van der Waals surface area contributed by atoms with E-state index in [9.17, 15) is 4.79 Å². The van der Waals surface area contributed by atoms with Gasteiger partial charge < -0.3 is 4.74 Å². The van der Waals surface area contributed by atoms with E-state index in [1.807, 2.05) is 13.8 Å². The summed E-state index contributed by atoms with van der Waals surface area (Å²) < 4.78 is 5.19. The van der Waals surface area contributed by atoms with Gasteiger partial charge in [-0.2, -0.15) is 0 Å². The van der Waals surface area contributed by atoms with Crippen LogP contribution in [0.2, 0.25) is 0 Å². The van der Waals surface area contributed by atoms with Crippen LogP contribution in [0, 0.1) is 6.92 Å². The first-order chi connectivity index (χ1) is 10.0. The first kappa shape index (κ1) is 16.0. The number of ether oxygens (including phenoxy) is 1. The van der Waals surface area contributed by atoms with E-state index in [1.165, 1.54) is 11.1 Å². The molecule has 4 nitrogen and oxygen atoms in total. The van der Waals surface area contributed by atoms with Gasteiger partial charge in [-0.3, -0.25) is 14.6 Å². The third kappa shape index (κ3) is 5.48. The molecule has 0 bridgehead atoms. The average Bonchev–Trinajstić information content (AvgIpc) is 2.40. The van der Waals surface area contributed by atoms with Gasteiger partial charge in [0.1, 0.15) is 0 Å². The van der Waals surface area contributed by atoms with Crippen LogP contribution in [0.4, 0.5) is 0 Å². The van der Waals surface area contributed by atoms with Crippen molar-refractivity contribution in [1.82, 2.24) is 9.80 Å². The van der Waals surface area contributed by atoms with Crippen LogP contribution in [0.1, 0.15) is 25.0 Å². The fourth-order valence-electron chi connectivity index (χ4n) is 2.66. The zero-order chi connectivity index (χ0) is 15.2. The predicted molar refractivity (Wildman–Crippen MR) is 84.1 cm³/mol. The molecule has 0 spiro atoms. The van der Waals surface area contributed by atoms with Crippen molar-refractivity contribution in [2.24, 2.45) is 0 Å². The Balaban J connectivity index is 1.74. The molecule has 0 aliphatic carbocycles. The summed E-state index contributed by atoms with van der Waals surface area (Å²) in [6.07, 6.45) is -0.0277. The lowest BCUT2D eigenvalue weighted by Crippen LogP contribution is -2.47. The molecule has 116 valence electrons. The maximum Gasteiger partial charge on any atom is 0.320 e. The van der Waals surface area contributed by atoms with Crippen molar-refractivity contribution in [3.05, 3.63) is 35.4 Å². The van der Waals surface area contributed by atoms with Crippen molar-refractivity contribution in [2.45, 2.75) is 33.4 Å². The van der Waals surface area contributed by atoms with Gasteiger partial charge in [-0.25, -0.2) is 0 Å². The molecule has 1 aliphatic rings. The maximum atomic E-state index is 11.7. The molecule has 1 fully saturated rings. The van der Waals surface area contributed by atoms with E-state index in [-0.39, 0.29) is 12.1 Å². The highest BCUT2D eigenvalue weighted by Gasteiger charge is 2.19. The van der Waals surface area contributed by atoms with Crippen LogP contribution in [0.3, 0.4) is 0 Å². The van der Waals surface area contributed by atoms with Gasteiger partial charge in [0.15, 0.2) is 0 Å². The quantitative estimate of drug-likeness (QED) is 0.777. The van der Waals surface area contributed by atoms with Crippen LogP contribution in [-0.2, 0) is 16.1 Å². The molecule has 0 N–H and O–H groups in total. The topological polar surface area (TPSA) is 32.8 Å². The molecule has 21 heavy (non-hydrogen) atoms. The molecule has 0 atom stereocenters. The third-order valence-corrected chi connectivity index (χ3v) is 3.67. The van der Waals surface area contributed by atoms with E-state index in [2.05, 4.69) is 41.0 Å². The number of piperazine rings is 1. The molecule has 4 heteroatoms. The average molecular weight is 290 g/mol. The Morgan fingerprint density at radius 2 is 1.86 bits per heavy atom. The number of esters is 1. The highest BCUT2D eigenvalue weighted by molar-refractivity contribution is 5.71. The number of nitrogens with zero attached hydrogens (tertiary/aromatic N) is 2. The molecule has 1 aromatic carbocycles. The van der Waals surface area contributed by atoms with Gasteiger partial charge in [0.25, 0.3) is 0 Å². The fourth-order valence-corrected chi connectivity index (χ4v) is 2.66. The minimum absolute atomic E-state index is 0.0277. The zero-order valence-corrected chi connectivity index (χ0v) is 13.3. The number of carbonyl (C=O) groups excluding carboxylic acids is 1. The monoisotopic (exact) mass is 290 g/mol. The second-order valence-electron chi connectivity index (χ2n) is 6.08. The predicted octanol–water partition coefficient (Wildman–Crippen LogP) is 2.06. The van der Waals surface area contributed by atoms with E-state index < -0.39 is 0 Å². The van der Waals surface area contributed by atoms with Crippen LogP contribution >= 0.6 is 0 Å². The summed E-state index contributed by atoms with van der Waals surface area (Å²) in [7, 11) is 0. The molecule has 0 amide bonds. The summed E-state index contributed by atoms with van der Waals surface area (Å²) in [6, 6.07) is 8.66. The Labute approximate surface area is 127 Å². The number of rotatable bonds is 5. The molecule has 0 saturated carbocycles. The Morgan fingerprint density at radius 1 is 1.19 bits per heavy atom. The number of hydrogen-bond donors (Lipinski definition) is 0. The molecule has 1 heterocycles. The molecular weight excluding hydrogens is 264 g/mol. The Kier molecular flexibility index (Phi) is 5.76. The fraction of sp³-hybridized carbons (Fsp3) is 0.588. The summed E-state index contributed by atoms with van der Waals surface area (Å²) in [5.41, 5.74) is 2.67. The molecule has 0 radical (unpaired) electrons. The van der Waals surface area contributed by atoms with Crippen molar-refractivity contribution in [3.63, 3.8) is 0 Å². The summed E-state index contributed by atoms with van der Waals surface area (Å²) in [4.78, 5) is 16.3. The molecule has 0 unspecified atom stereocenters. The summed E-state index contributed by atoms with van der Waals surface area (Å²) in [6.45, 7) is 11.2. The molecule has 1 aliphatic heterocycles. The number of benzene rings is 1. The third-order valence-electron chi connectivity index (χ3n) is 3.67. The zero-order valence-electron chi connectivity index (χ0n) is 13.3. The van der Waals surface area contributed by atoms with Crippen LogP contribution in [0.25, 0.3) is 0 Å². The van der Waals surface area contributed by atoms with E-state index in [4.69, 9.17) is 4.74 Å². The highest BCUT2D eigenvalue weighted by Crippen LogP contribution is 2.10. The normalized spacial score (nSPS) is 17.1. The van der Waals surface area contributed by atoms with Gasteiger partial charge in [-0.15, -0.1) is 0 Å². The van der Waals surface area contributed by atoms with Gasteiger partial charge in [0.05, 0.1) is 12.6 Å². The van der Waals surface area contributed by atoms with Crippen LogP contribution < -0.4 is 0 Å². The first-order valence-corrected chi connectivity index (χ1v) is 7.72. The van der Waals surface area contributed by atoms with Gasteiger partial charge >= 0.3 is 5.97 Å². The lowest BCUT2D eigenvalue weighted by molar-refractivity contribution is -0.149. The van der Waals surface area contributed by atoms with Crippen LogP contribution in [-0.4, -0.2) is 54.6 Å². The van der Waals surface area contributed by atoms with Crippen molar-refractivity contribution in [3.8, 4) is 0 Å². The van der Waals surface area contributed by atoms with Gasteiger partial charge in [0, 0.05) is 32.7 Å². The standard InChI is InChI=1S/C17H26N2O2/c1-14(2)21-17(20)13-19-9-7-18(8-10-19)12-16-6-4-5-15(3)11-16/h4-6,11,14H,7-10,12-13H2,1-3H3. The molecular formula is C17H26N2O2. The maximum absolute atomic E-state index is 11.7. The lowest BCUT2D eigenvalue weighted by atomic mass is 10.1. The van der Waals surface area contributed by atoms with E-state index in [1.54, 1.807) is 0 Å². The van der Waals surface area contributed by atoms with Crippen molar-refractivity contribution < 1.29 is 9.53 Å². The Morgan fingerprint density at radius 3 is 2.48 bits per heavy atom. The summed E-state index contributed by atoms with van der Waals surface area (Å²) in [5.74, 6) is -0.114. The van der Waals surface area contributed by atoms with Crippen LogP contribution in [0.5, 0.6) is 0 Å². The molecule has 1 saturated heterocycles.